The van der Waals surface area contributed by atoms with E-state index in [1.165, 1.54) is 116 Å². The molecule has 6 saturated carbocycles. The minimum absolute atomic E-state index is 0. The molecule has 6 atom stereocenters. The quantitative estimate of drug-likeness (QED) is 0.155. The summed E-state index contributed by atoms with van der Waals surface area (Å²) in [7, 11) is 9.70. The Morgan fingerprint density at radius 1 is 0.368 bits per heavy atom. The van der Waals surface area contributed by atoms with Crippen molar-refractivity contribution in [1.29, 1.82) is 0 Å². The van der Waals surface area contributed by atoms with Crippen molar-refractivity contribution in [2.75, 3.05) is 28.2 Å². The van der Waals surface area contributed by atoms with Crippen molar-refractivity contribution in [3.05, 3.63) is 71.8 Å². The molecule has 6 aliphatic carbocycles. The molecule has 0 radical (unpaired) electrons. The zero-order valence-corrected chi connectivity index (χ0v) is 40.0. The number of benzene rings is 2. The fraction of sp³-hybridized carbons (Fsp3) is 0.769. The molecule has 8 rings (SSSR count). The fourth-order valence-electron chi connectivity index (χ4n) is 13.8. The van der Waals surface area contributed by atoms with Gasteiger partial charge in [0.1, 0.15) is 0 Å². The molecule has 0 spiro atoms. The zero-order valence-electron chi connectivity index (χ0n) is 37.1. The van der Waals surface area contributed by atoms with E-state index in [1.54, 1.807) is 62.5 Å². The van der Waals surface area contributed by atoms with Crippen LogP contribution in [0.15, 0.2) is 60.7 Å². The van der Waals surface area contributed by atoms with Crippen LogP contribution >= 0.6 is 15.8 Å². The Bertz CT molecular complexity index is 1220. The molecule has 4 unspecified atom stereocenters. The molecular weight excluding hydrogens is 770 g/mol. The van der Waals surface area contributed by atoms with Crippen molar-refractivity contribution in [3.8, 4) is 0 Å². The molecule has 0 heterocycles. The first-order valence-electron chi connectivity index (χ1n) is 24.5. The molecule has 57 heavy (non-hydrogen) atoms. The van der Waals surface area contributed by atoms with E-state index in [0.717, 1.165) is 45.8 Å². The predicted octanol–water partition coefficient (Wildman–Crippen LogP) is 15.2. The molecule has 2 aromatic rings. The molecule has 0 N–H and O–H groups in total. The largest absolute Gasteiger partial charge is 0.302 e. The predicted molar refractivity (Wildman–Crippen MR) is 249 cm³/mol. The molecular formula is C52H84FeN2P2. The van der Waals surface area contributed by atoms with Crippen LogP contribution in [0.3, 0.4) is 0 Å². The molecule has 0 saturated heterocycles. The minimum atomic E-state index is 0. The first kappa shape index (κ1) is 46.2. The second kappa shape index (κ2) is 23.8. The van der Waals surface area contributed by atoms with Crippen LogP contribution in [0.1, 0.15) is 190 Å². The van der Waals surface area contributed by atoms with Gasteiger partial charge in [0.15, 0.2) is 0 Å². The molecule has 5 heteroatoms. The van der Waals surface area contributed by atoms with Crippen LogP contribution in [-0.2, 0) is 17.1 Å². The van der Waals surface area contributed by atoms with E-state index in [2.05, 4.69) is 98.7 Å². The summed E-state index contributed by atoms with van der Waals surface area (Å²) in [4.78, 5) is 5.10. The van der Waals surface area contributed by atoms with Gasteiger partial charge in [-0.05, 0) is 162 Å². The Hall–Kier alpha value is -0.261. The van der Waals surface area contributed by atoms with E-state index in [4.69, 9.17) is 0 Å². The fourth-order valence-corrected chi connectivity index (χ4v) is 23.4. The summed E-state index contributed by atoms with van der Waals surface area (Å²) in [5.74, 6) is 1.76. The van der Waals surface area contributed by atoms with Crippen molar-refractivity contribution >= 4 is 15.8 Å². The summed E-state index contributed by atoms with van der Waals surface area (Å²) in [6.07, 6.45) is 39.5. The third-order valence-corrected chi connectivity index (χ3v) is 24.3. The maximum absolute atomic E-state index is 2.55. The van der Waals surface area contributed by atoms with Gasteiger partial charge in [0.2, 0.25) is 0 Å². The van der Waals surface area contributed by atoms with E-state index < -0.39 is 0 Å². The molecule has 2 aromatic carbocycles. The summed E-state index contributed by atoms with van der Waals surface area (Å²) >= 11 is 0. The first-order valence-corrected chi connectivity index (χ1v) is 27.6. The van der Waals surface area contributed by atoms with E-state index in [-0.39, 0.29) is 32.9 Å². The molecule has 0 aliphatic heterocycles. The number of nitrogens with zero attached hydrogens (tertiary/aromatic N) is 2. The van der Waals surface area contributed by atoms with Crippen LogP contribution in [0.2, 0.25) is 0 Å². The summed E-state index contributed by atoms with van der Waals surface area (Å²) in [5, 5.41) is 0. The van der Waals surface area contributed by atoms with Crippen LogP contribution in [0, 0.1) is 11.8 Å². The SMILES string of the molecule is CN(C)[C@@H](c1ccccc1)C1CCCC1P(C1CCCCC1)C1CCCCC1.CN(C)[C@@H](c1ccccc1)C1CCCC1P(C1CCCCC1)C1CCCCC1.[Fe]. The van der Waals surface area contributed by atoms with Gasteiger partial charge in [-0.1, -0.05) is 166 Å². The van der Waals surface area contributed by atoms with Gasteiger partial charge in [-0.25, -0.2) is 0 Å². The van der Waals surface area contributed by atoms with E-state index >= 15 is 0 Å². The normalized spacial score (nSPS) is 28.4. The van der Waals surface area contributed by atoms with E-state index in [0.29, 0.717) is 12.1 Å². The molecule has 6 aliphatic rings. The van der Waals surface area contributed by atoms with Gasteiger partial charge in [0, 0.05) is 29.2 Å². The van der Waals surface area contributed by atoms with E-state index in [9.17, 15) is 0 Å². The van der Waals surface area contributed by atoms with Gasteiger partial charge in [0.25, 0.3) is 0 Å². The van der Waals surface area contributed by atoms with Crippen LogP contribution in [-0.4, -0.2) is 71.9 Å². The van der Waals surface area contributed by atoms with Gasteiger partial charge >= 0.3 is 0 Å². The van der Waals surface area contributed by atoms with Crippen LogP contribution in [0.4, 0.5) is 0 Å². The number of rotatable bonds is 12. The van der Waals surface area contributed by atoms with Gasteiger partial charge in [0.05, 0.1) is 0 Å². The van der Waals surface area contributed by atoms with Crippen molar-refractivity contribution in [1.82, 2.24) is 9.80 Å². The van der Waals surface area contributed by atoms with Crippen LogP contribution < -0.4 is 0 Å². The summed E-state index contributed by atoms with van der Waals surface area (Å²) in [6, 6.07) is 24.2. The van der Waals surface area contributed by atoms with Gasteiger partial charge in [-0.2, -0.15) is 0 Å². The third kappa shape index (κ3) is 12.0. The first-order chi connectivity index (χ1) is 27.5. The summed E-state index contributed by atoms with van der Waals surface area (Å²) in [6.45, 7) is 0. The zero-order chi connectivity index (χ0) is 38.7. The smallest absolute Gasteiger partial charge is 0.0376 e. The maximum Gasteiger partial charge on any atom is 0.0376 e. The molecule has 6 fully saturated rings. The standard InChI is InChI=1S/2C26H42NP.Fe/c2*1-27(2)26(21-13-6-3-7-14-21)24-19-12-20-25(24)28(22-15-8-4-9-16-22)23-17-10-5-11-18-23;/h2*3,6-7,13-14,22-26H,4-5,8-12,15-20H2,1-2H3;/t2*24?,25?,26-;/m00./s1. The second-order valence-corrected chi connectivity index (χ2v) is 26.1. The monoisotopic (exact) mass is 855 g/mol. The average molecular weight is 855 g/mol. The summed E-state index contributed by atoms with van der Waals surface area (Å²) < 4.78 is 0. The Morgan fingerprint density at radius 3 is 0.912 bits per heavy atom. The second-order valence-electron chi connectivity index (χ2n) is 20.0. The van der Waals surface area contributed by atoms with E-state index in [1.807, 2.05) is 0 Å². The average Bonchev–Trinajstić information content (AvgIpc) is 3.91. The van der Waals surface area contributed by atoms with Crippen molar-refractivity contribution in [2.24, 2.45) is 11.8 Å². The summed E-state index contributed by atoms with van der Waals surface area (Å²) in [5.41, 5.74) is 9.54. The van der Waals surface area contributed by atoms with Gasteiger partial charge in [-0.3, -0.25) is 0 Å². The third-order valence-electron chi connectivity index (χ3n) is 16.0. The van der Waals surface area contributed by atoms with Crippen molar-refractivity contribution in [2.45, 2.75) is 213 Å². The Labute approximate surface area is 365 Å². The number of hydrogen-bond donors (Lipinski definition) is 0. The molecule has 0 aromatic heterocycles. The molecule has 0 amide bonds. The minimum Gasteiger partial charge on any atom is -0.302 e. The van der Waals surface area contributed by atoms with Gasteiger partial charge in [-0.15, -0.1) is 0 Å². The Balaban J connectivity index is 0.000000189. The van der Waals surface area contributed by atoms with Crippen LogP contribution in [0.5, 0.6) is 0 Å². The molecule has 0 bridgehead atoms. The van der Waals surface area contributed by atoms with Crippen molar-refractivity contribution in [3.63, 3.8) is 0 Å². The topological polar surface area (TPSA) is 6.48 Å². The Kier molecular flexibility index (Phi) is 19.3. The van der Waals surface area contributed by atoms with Crippen LogP contribution in [0.25, 0.3) is 0 Å². The molecule has 2 nitrogen and oxygen atoms in total. The van der Waals surface area contributed by atoms with Gasteiger partial charge < -0.3 is 9.80 Å². The maximum atomic E-state index is 2.55. The Morgan fingerprint density at radius 2 is 0.649 bits per heavy atom. The number of hydrogen-bond acceptors (Lipinski definition) is 2. The van der Waals surface area contributed by atoms with Crippen molar-refractivity contribution < 1.29 is 17.1 Å². The molecule has 320 valence electrons.